The molecule has 1 aromatic heterocycles. The van der Waals surface area contributed by atoms with Gasteiger partial charge in [-0.15, -0.1) is 0 Å². The molecule has 1 heterocycles. The molecule has 0 radical (unpaired) electrons. The maximum atomic E-state index is 12.2. The van der Waals surface area contributed by atoms with Crippen molar-refractivity contribution in [3.8, 4) is 18.0 Å². The molecule has 0 aromatic carbocycles. The number of pyridine rings is 1. The van der Waals surface area contributed by atoms with Crippen LogP contribution in [0.15, 0.2) is 18.3 Å². The van der Waals surface area contributed by atoms with Crippen molar-refractivity contribution < 1.29 is 14.3 Å². The average molecular weight is 273 g/mol. The van der Waals surface area contributed by atoms with Crippen LogP contribution in [0.3, 0.4) is 0 Å². The molecule has 0 amide bonds. The second kappa shape index (κ2) is 6.53. The standard InChI is InChI=1S/C14H15N3O3/c1-4-20-13(18)14(2,11(7-15)8-16)10-5-6-12(19-3)17-9-10/h5-6,9,11H,4H2,1-3H3/t14-/m1/s1. The van der Waals surface area contributed by atoms with Gasteiger partial charge in [-0.3, -0.25) is 4.79 Å². The molecule has 0 unspecified atom stereocenters. The van der Waals surface area contributed by atoms with Crippen LogP contribution < -0.4 is 4.74 Å². The molecule has 0 N–H and O–H groups in total. The van der Waals surface area contributed by atoms with E-state index in [4.69, 9.17) is 20.0 Å². The van der Waals surface area contributed by atoms with E-state index in [9.17, 15) is 4.79 Å². The second-order valence-corrected chi connectivity index (χ2v) is 4.20. The van der Waals surface area contributed by atoms with E-state index in [1.807, 2.05) is 12.1 Å². The normalized spacial score (nSPS) is 12.9. The van der Waals surface area contributed by atoms with E-state index in [2.05, 4.69) is 4.98 Å². The van der Waals surface area contributed by atoms with Crippen molar-refractivity contribution in [1.82, 2.24) is 4.98 Å². The summed E-state index contributed by atoms with van der Waals surface area (Å²) in [5, 5.41) is 18.2. The number of esters is 1. The number of ether oxygens (including phenoxy) is 2. The monoisotopic (exact) mass is 273 g/mol. The van der Waals surface area contributed by atoms with Gasteiger partial charge < -0.3 is 9.47 Å². The number of hydrogen-bond donors (Lipinski definition) is 0. The van der Waals surface area contributed by atoms with Crippen molar-refractivity contribution in [3.05, 3.63) is 23.9 Å². The van der Waals surface area contributed by atoms with E-state index >= 15 is 0 Å². The Hall–Kier alpha value is -2.60. The Balaban J connectivity index is 3.33. The van der Waals surface area contributed by atoms with Gasteiger partial charge in [0.1, 0.15) is 5.41 Å². The quantitative estimate of drug-likeness (QED) is 0.755. The summed E-state index contributed by atoms with van der Waals surface area (Å²) in [7, 11) is 1.47. The first kappa shape index (κ1) is 15.5. The van der Waals surface area contributed by atoms with Crippen LogP contribution in [0, 0.1) is 28.6 Å². The summed E-state index contributed by atoms with van der Waals surface area (Å²) in [5.74, 6) is -1.41. The van der Waals surface area contributed by atoms with Crippen LogP contribution in [-0.2, 0) is 14.9 Å². The first-order valence-electron chi connectivity index (χ1n) is 6.01. The second-order valence-electron chi connectivity index (χ2n) is 4.20. The highest BCUT2D eigenvalue weighted by molar-refractivity contribution is 5.84. The number of nitriles is 2. The molecule has 0 bridgehead atoms. The highest BCUT2D eigenvalue weighted by Crippen LogP contribution is 2.33. The van der Waals surface area contributed by atoms with Gasteiger partial charge in [0.05, 0.1) is 25.9 Å². The van der Waals surface area contributed by atoms with E-state index in [0.29, 0.717) is 11.4 Å². The van der Waals surface area contributed by atoms with Gasteiger partial charge >= 0.3 is 5.97 Å². The molecule has 6 nitrogen and oxygen atoms in total. The topological polar surface area (TPSA) is 96.0 Å². The molecule has 1 aromatic rings. The van der Waals surface area contributed by atoms with E-state index in [0.717, 1.165) is 0 Å². The number of hydrogen-bond acceptors (Lipinski definition) is 6. The van der Waals surface area contributed by atoms with Crippen LogP contribution >= 0.6 is 0 Å². The molecule has 0 aliphatic rings. The van der Waals surface area contributed by atoms with Crippen LogP contribution in [0.1, 0.15) is 19.4 Å². The molecular formula is C14H15N3O3. The fraction of sp³-hybridized carbons (Fsp3) is 0.429. The first-order valence-corrected chi connectivity index (χ1v) is 6.01. The van der Waals surface area contributed by atoms with E-state index < -0.39 is 17.3 Å². The molecular weight excluding hydrogens is 258 g/mol. The number of rotatable bonds is 5. The molecule has 0 fully saturated rings. The lowest BCUT2D eigenvalue weighted by atomic mass is 9.73. The summed E-state index contributed by atoms with van der Waals surface area (Å²) >= 11 is 0. The van der Waals surface area contributed by atoms with Crippen LogP contribution in [0.5, 0.6) is 5.88 Å². The predicted molar refractivity (Wildman–Crippen MR) is 69.5 cm³/mol. The fourth-order valence-corrected chi connectivity index (χ4v) is 1.78. The lowest BCUT2D eigenvalue weighted by molar-refractivity contribution is -0.150. The zero-order valence-corrected chi connectivity index (χ0v) is 11.6. The SMILES string of the molecule is CCOC(=O)[C@](C)(c1ccc(OC)nc1)C(C#N)C#N. The van der Waals surface area contributed by atoms with Crippen molar-refractivity contribution >= 4 is 5.97 Å². The Labute approximate surface area is 117 Å². The Morgan fingerprint density at radius 1 is 1.45 bits per heavy atom. The number of nitrogens with zero attached hydrogens (tertiary/aromatic N) is 3. The van der Waals surface area contributed by atoms with Crippen LogP contribution in [0.4, 0.5) is 0 Å². The zero-order valence-electron chi connectivity index (χ0n) is 11.6. The molecule has 0 spiro atoms. The Kier molecular flexibility index (Phi) is 5.05. The van der Waals surface area contributed by atoms with Gasteiger partial charge in [0.2, 0.25) is 5.88 Å². The van der Waals surface area contributed by atoms with E-state index in [1.165, 1.54) is 20.2 Å². The largest absolute Gasteiger partial charge is 0.481 e. The molecule has 0 aliphatic carbocycles. The smallest absolute Gasteiger partial charge is 0.318 e. The maximum absolute atomic E-state index is 12.2. The van der Waals surface area contributed by atoms with Gasteiger partial charge in [-0.1, -0.05) is 6.07 Å². The third kappa shape index (κ3) is 2.70. The van der Waals surface area contributed by atoms with Crippen LogP contribution in [0.25, 0.3) is 0 Å². The number of methoxy groups -OCH3 is 1. The number of aromatic nitrogens is 1. The zero-order chi connectivity index (χ0) is 15.2. The third-order valence-electron chi connectivity index (χ3n) is 3.08. The van der Waals surface area contributed by atoms with Gasteiger partial charge in [0, 0.05) is 12.3 Å². The van der Waals surface area contributed by atoms with Crippen LogP contribution in [0.2, 0.25) is 0 Å². The molecule has 0 aliphatic heterocycles. The van der Waals surface area contributed by atoms with Crippen molar-refractivity contribution in [3.63, 3.8) is 0 Å². The van der Waals surface area contributed by atoms with Gasteiger partial charge in [-0.05, 0) is 19.4 Å². The summed E-state index contributed by atoms with van der Waals surface area (Å²) < 4.78 is 9.95. The van der Waals surface area contributed by atoms with Gasteiger partial charge in [-0.2, -0.15) is 10.5 Å². The summed E-state index contributed by atoms with van der Waals surface area (Å²) in [5.41, 5.74) is -0.955. The average Bonchev–Trinajstić information content (AvgIpc) is 2.48. The minimum absolute atomic E-state index is 0.168. The lowest BCUT2D eigenvalue weighted by Gasteiger charge is -2.28. The van der Waals surface area contributed by atoms with Crippen LogP contribution in [-0.4, -0.2) is 24.7 Å². The number of carbonyl (C=O) groups excluding carboxylic acids is 1. The van der Waals surface area contributed by atoms with Crippen molar-refractivity contribution in [1.29, 1.82) is 10.5 Å². The Bertz CT molecular complexity index is 543. The maximum Gasteiger partial charge on any atom is 0.318 e. The molecule has 20 heavy (non-hydrogen) atoms. The molecule has 1 atom stereocenters. The Morgan fingerprint density at radius 3 is 2.50 bits per heavy atom. The highest BCUT2D eigenvalue weighted by Gasteiger charge is 2.45. The minimum Gasteiger partial charge on any atom is -0.481 e. The molecule has 6 heteroatoms. The minimum atomic E-state index is -1.39. The summed E-state index contributed by atoms with van der Waals surface area (Å²) in [4.78, 5) is 16.2. The van der Waals surface area contributed by atoms with Gasteiger partial charge in [0.25, 0.3) is 0 Å². The Morgan fingerprint density at radius 2 is 2.10 bits per heavy atom. The molecule has 0 saturated heterocycles. The molecule has 0 saturated carbocycles. The van der Waals surface area contributed by atoms with Gasteiger partial charge in [0.15, 0.2) is 5.92 Å². The third-order valence-corrected chi connectivity index (χ3v) is 3.08. The fourth-order valence-electron chi connectivity index (χ4n) is 1.78. The first-order chi connectivity index (χ1) is 9.54. The summed E-state index contributed by atoms with van der Waals surface area (Å²) in [6.45, 7) is 3.34. The van der Waals surface area contributed by atoms with Crippen molar-refractivity contribution in [2.75, 3.05) is 13.7 Å². The van der Waals surface area contributed by atoms with E-state index in [1.54, 1.807) is 19.1 Å². The predicted octanol–water partition coefficient (Wildman–Crippen LogP) is 1.57. The highest BCUT2D eigenvalue weighted by atomic mass is 16.5. The summed E-state index contributed by atoms with van der Waals surface area (Å²) in [6.07, 6.45) is 1.41. The number of carbonyl (C=O) groups is 1. The van der Waals surface area contributed by atoms with E-state index in [-0.39, 0.29) is 6.61 Å². The lowest BCUT2D eigenvalue weighted by Crippen LogP contribution is -2.40. The van der Waals surface area contributed by atoms with Crippen molar-refractivity contribution in [2.24, 2.45) is 5.92 Å². The summed E-state index contributed by atoms with van der Waals surface area (Å²) in [6, 6.07) is 6.85. The van der Waals surface area contributed by atoms with Gasteiger partial charge in [-0.25, -0.2) is 4.98 Å². The van der Waals surface area contributed by atoms with Crippen molar-refractivity contribution in [2.45, 2.75) is 19.3 Å². The molecule has 104 valence electrons. The molecule has 1 rings (SSSR count).